The maximum absolute atomic E-state index is 12.5. The molecule has 0 saturated heterocycles. The zero-order valence-corrected chi connectivity index (χ0v) is 17.1. The monoisotopic (exact) mass is 546 g/mol. The SMILES string of the molecule is C=CCOc1c(I)cc(I)cc1/C=C1\Sc2ccccc2C1=O. The number of rotatable bonds is 4. The summed E-state index contributed by atoms with van der Waals surface area (Å²) in [5.74, 6) is 0.872. The second-order valence-electron chi connectivity index (χ2n) is 4.84. The molecule has 2 nitrogen and oxygen atoms in total. The first kappa shape index (κ1) is 17.0. The molecule has 2 aromatic rings. The maximum Gasteiger partial charge on any atom is 0.200 e. The minimum Gasteiger partial charge on any atom is -0.488 e. The zero-order chi connectivity index (χ0) is 16.4. The molecule has 0 aromatic heterocycles. The lowest BCUT2D eigenvalue weighted by Crippen LogP contribution is -1.99. The summed E-state index contributed by atoms with van der Waals surface area (Å²) in [7, 11) is 0. The van der Waals surface area contributed by atoms with Gasteiger partial charge in [0.25, 0.3) is 0 Å². The quantitative estimate of drug-likeness (QED) is 0.276. The van der Waals surface area contributed by atoms with Gasteiger partial charge in [0.1, 0.15) is 12.4 Å². The highest BCUT2D eigenvalue weighted by molar-refractivity contribution is 14.1. The van der Waals surface area contributed by atoms with Crippen LogP contribution in [0.4, 0.5) is 0 Å². The number of carbonyl (C=O) groups excluding carboxylic acids is 1. The van der Waals surface area contributed by atoms with Gasteiger partial charge in [0, 0.05) is 19.6 Å². The highest BCUT2D eigenvalue weighted by Crippen LogP contribution is 2.42. The third kappa shape index (κ3) is 3.66. The molecule has 0 fully saturated rings. The average Bonchev–Trinajstić information content (AvgIpc) is 2.83. The van der Waals surface area contributed by atoms with E-state index in [0.29, 0.717) is 6.61 Å². The molecule has 116 valence electrons. The van der Waals surface area contributed by atoms with E-state index in [4.69, 9.17) is 4.74 Å². The summed E-state index contributed by atoms with van der Waals surface area (Å²) in [6, 6.07) is 11.8. The van der Waals surface area contributed by atoms with Crippen LogP contribution in [0.15, 0.2) is 58.9 Å². The van der Waals surface area contributed by atoms with E-state index in [9.17, 15) is 4.79 Å². The molecule has 1 aliphatic rings. The smallest absolute Gasteiger partial charge is 0.200 e. The molecule has 0 radical (unpaired) electrons. The standard InChI is InChI=1S/C18H12I2O2S/c1-2-7-22-18-11(8-12(19)10-14(18)20)9-16-17(21)13-5-3-4-6-15(13)23-16/h2-6,8-10H,1,7H2/b16-9-. The van der Waals surface area contributed by atoms with E-state index in [1.807, 2.05) is 36.4 Å². The van der Waals surface area contributed by atoms with Crippen LogP contribution in [0.5, 0.6) is 5.75 Å². The van der Waals surface area contributed by atoms with Gasteiger partial charge in [-0.05, 0) is 75.5 Å². The van der Waals surface area contributed by atoms with Crippen LogP contribution >= 0.6 is 56.9 Å². The minimum atomic E-state index is 0.0779. The normalized spacial score (nSPS) is 14.9. The van der Waals surface area contributed by atoms with Crippen LogP contribution in [0, 0.1) is 7.14 Å². The summed E-state index contributed by atoms with van der Waals surface area (Å²) in [5, 5.41) is 0. The Hall–Kier alpha value is -0.800. The fraction of sp³-hybridized carbons (Fsp3) is 0.0556. The first-order chi connectivity index (χ1) is 11.1. The Bertz CT molecular complexity index is 828. The van der Waals surface area contributed by atoms with Gasteiger partial charge in [0.15, 0.2) is 0 Å². The number of thioether (sulfide) groups is 1. The summed E-state index contributed by atoms with van der Waals surface area (Å²) in [6.07, 6.45) is 3.64. The van der Waals surface area contributed by atoms with Crippen LogP contribution in [-0.4, -0.2) is 12.4 Å². The molecule has 0 amide bonds. The number of benzene rings is 2. The minimum absolute atomic E-state index is 0.0779. The number of hydrogen-bond acceptors (Lipinski definition) is 3. The molecule has 3 rings (SSSR count). The number of ether oxygens (including phenoxy) is 1. The number of allylic oxidation sites excluding steroid dienone is 1. The van der Waals surface area contributed by atoms with Crippen molar-refractivity contribution in [2.24, 2.45) is 0 Å². The molecule has 23 heavy (non-hydrogen) atoms. The molecule has 2 aromatic carbocycles. The van der Waals surface area contributed by atoms with Crippen molar-refractivity contribution >= 4 is 68.8 Å². The summed E-state index contributed by atoms with van der Waals surface area (Å²) in [5.41, 5.74) is 1.70. The van der Waals surface area contributed by atoms with Crippen molar-refractivity contribution in [3.63, 3.8) is 0 Å². The molecule has 0 unspecified atom stereocenters. The van der Waals surface area contributed by atoms with E-state index >= 15 is 0 Å². The second kappa shape index (κ2) is 7.40. The molecule has 0 spiro atoms. The third-order valence-electron chi connectivity index (χ3n) is 3.24. The van der Waals surface area contributed by atoms with Gasteiger partial charge >= 0.3 is 0 Å². The molecular weight excluding hydrogens is 534 g/mol. The molecule has 1 aliphatic heterocycles. The van der Waals surface area contributed by atoms with E-state index in [1.54, 1.807) is 6.08 Å². The highest BCUT2D eigenvalue weighted by atomic mass is 127. The van der Waals surface area contributed by atoms with Crippen molar-refractivity contribution in [1.29, 1.82) is 0 Å². The van der Waals surface area contributed by atoms with Gasteiger partial charge in [-0.15, -0.1) is 0 Å². The summed E-state index contributed by atoms with van der Waals surface area (Å²) in [4.78, 5) is 14.3. The second-order valence-corrected chi connectivity index (χ2v) is 8.33. The number of Topliss-reactive ketones (excluding diaryl/α,β-unsaturated/α-hetero) is 1. The average molecular weight is 546 g/mol. The lowest BCUT2D eigenvalue weighted by atomic mass is 10.1. The zero-order valence-electron chi connectivity index (χ0n) is 12.0. The molecule has 0 N–H and O–H groups in total. The van der Waals surface area contributed by atoms with E-state index in [0.717, 1.165) is 33.8 Å². The number of fused-ring (bicyclic) bond motifs is 1. The Kier molecular flexibility index (Phi) is 5.48. The molecule has 5 heteroatoms. The van der Waals surface area contributed by atoms with E-state index < -0.39 is 0 Å². The topological polar surface area (TPSA) is 26.3 Å². The largest absolute Gasteiger partial charge is 0.488 e. The Morgan fingerprint density at radius 1 is 1.22 bits per heavy atom. The van der Waals surface area contributed by atoms with Crippen LogP contribution in [0.25, 0.3) is 6.08 Å². The molecule has 1 heterocycles. The van der Waals surface area contributed by atoms with Gasteiger partial charge in [-0.3, -0.25) is 4.79 Å². The number of ketones is 1. The van der Waals surface area contributed by atoms with Gasteiger partial charge in [0.2, 0.25) is 5.78 Å². The van der Waals surface area contributed by atoms with Gasteiger partial charge in [-0.1, -0.05) is 36.5 Å². The van der Waals surface area contributed by atoms with Crippen molar-refractivity contribution in [2.45, 2.75) is 4.90 Å². The lowest BCUT2D eigenvalue weighted by Gasteiger charge is -2.11. The molecule has 0 saturated carbocycles. The predicted molar refractivity (Wildman–Crippen MR) is 112 cm³/mol. The summed E-state index contributed by atoms with van der Waals surface area (Å²) in [6.45, 7) is 4.13. The highest BCUT2D eigenvalue weighted by Gasteiger charge is 2.25. The Morgan fingerprint density at radius 3 is 2.74 bits per heavy atom. The summed E-state index contributed by atoms with van der Waals surface area (Å²) >= 11 is 6.05. The fourth-order valence-electron chi connectivity index (χ4n) is 2.26. The first-order valence-corrected chi connectivity index (χ1v) is 9.83. The Morgan fingerprint density at radius 2 is 2.00 bits per heavy atom. The molecule has 0 bridgehead atoms. The van der Waals surface area contributed by atoms with Crippen molar-refractivity contribution in [1.82, 2.24) is 0 Å². The van der Waals surface area contributed by atoms with Gasteiger partial charge in [0.05, 0.1) is 8.48 Å². The van der Waals surface area contributed by atoms with Crippen LogP contribution in [-0.2, 0) is 0 Å². The Labute approximate surface area is 166 Å². The van der Waals surface area contributed by atoms with Crippen LogP contribution in [0.1, 0.15) is 15.9 Å². The summed E-state index contributed by atoms with van der Waals surface area (Å²) < 4.78 is 7.93. The van der Waals surface area contributed by atoms with Crippen LogP contribution in [0.3, 0.4) is 0 Å². The fourth-order valence-corrected chi connectivity index (χ4v) is 5.35. The Balaban J connectivity index is 2.03. The van der Waals surface area contributed by atoms with Crippen molar-refractivity contribution in [3.8, 4) is 5.75 Å². The van der Waals surface area contributed by atoms with E-state index in [1.165, 1.54) is 11.8 Å². The van der Waals surface area contributed by atoms with Gasteiger partial charge in [-0.2, -0.15) is 0 Å². The number of hydrogen-bond donors (Lipinski definition) is 0. The van der Waals surface area contributed by atoms with E-state index in [-0.39, 0.29) is 5.78 Å². The number of carbonyl (C=O) groups is 1. The van der Waals surface area contributed by atoms with Crippen LogP contribution in [0.2, 0.25) is 0 Å². The van der Waals surface area contributed by atoms with E-state index in [2.05, 4.69) is 57.8 Å². The van der Waals surface area contributed by atoms with Gasteiger partial charge < -0.3 is 4.74 Å². The van der Waals surface area contributed by atoms with Crippen molar-refractivity contribution < 1.29 is 9.53 Å². The predicted octanol–water partition coefficient (Wildman–Crippen LogP) is 5.79. The van der Waals surface area contributed by atoms with Gasteiger partial charge in [-0.25, -0.2) is 0 Å². The molecular formula is C18H12I2O2S. The molecule has 0 atom stereocenters. The maximum atomic E-state index is 12.5. The lowest BCUT2D eigenvalue weighted by molar-refractivity contribution is 0.104. The first-order valence-electron chi connectivity index (χ1n) is 6.86. The third-order valence-corrected chi connectivity index (χ3v) is 5.77. The van der Waals surface area contributed by atoms with Crippen molar-refractivity contribution in [2.75, 3.05) is 6.61 Å². The van der Waals surface area contributed by atoms with Crippen LogP contribution < -0.4 is 4.74 Å². The number of halogens is 2. The van der Waals surface area contributed by atoms with Crippen molar-refractivity contribution in [3.05, 3.63) is 72.2 Å². The molecule has 0 aliphatic carbocycles.